The molecule has 18 heavy (non-hydrogen) atoms. The van der Waals surface area contributed by atoms with E-state index in [9.17, 15) is 9.59 Å². The highest BCUT2D eigenvalue weighted by Crippen LogP contribution is 2.36. The molecule has 0 bridgehead atoms. The van der Waals surface area contributed by atoms with Gasteiger partial charge in [0.05, 0.1) is 11.3 Å². The number of halogens is 1. The van der Waals surface area contributed by atoms with Crippen LogP contribution < -0.4 is 4.90 Å². The summed E-state index contributed by atoms with van der Waals surface area (Å²) in [6, 6.07) is 5.37. The summed E-state index contributed by atoms with van der Waals surface area (Å²) in [7, 11) is 0. The van der Waals surface area contributed by atoms with E-state index in [1.165, 1.54) is 6.42 Å². The molecule has 0 atom stereocenters. The molecule has 0 spiro atoms. The quantitative estimate of drug-likeness (QED) is 0.616. The Hall–Kier alpha value is -1.16. The van der Waals surface area contributed by atoms with Gasteiger partial charge >= 0.3 is 0 Å². The van der Waals surface area contributed by atoms with Gasteiger partial charge in [-0.3, -0.25) is 9.59 Å². The number of Topliss-reactive ketones (excluding diaryl/α,β-unsaturated/α-hetero) is 1. The van der Waals surface area contributed by atoms with Crippen molar-refractivity contribution in [1.29, 1.82) is 0 Å². The highest BCUT2D eigenvalue weighted by atomic mass is 79.9. The molecule has 0 aliphatic carbocycles. The van der Waals surface area contributed by atoms with Crippen molar-refractivity contribution < 1.29 is 9.59 Å². The Kier molecular flexibility index (Phi) is 4.17. The van der Waals surface area contributed by atoms with Gasteiger partial charge in [0.25, 0.3) is 11.7 Å². The Morgan fingerprint density at radius 1 is 1.17 bits per heavy atom. The Morgan fingerprint density at radius 2 is 1.94 bits per heavy atom. The largest absolute Gasteiger partial charge is 0.304 e. The van der Waals surface area contributed by atoms with Gasteiger partial charge in [-0.15, -0.1) is 0 Å². The van der Waals surface area contributed by atoms with Gasteiger partial charge in [-0.2, -0.15) is 0 Å². The van der Waals surface area contributed by atoms with Crippen molar-refractivity contribution in [1.82, 2.24) is 0 Å². The monoisotopic (exact) mass is 309 g/mol. The van der Waals surface area contributed by atoms with Crippen LogP contribution in [0.1, 0.15) is 43.0 Å². The van der Waals surface area contributed by atoms with E-state index in [0.717, 1.165) is 29.4 Å². The van der Waals surface area contributed by atoms with E-state index in [0.29, 0.717) is 12.1 Å². The smallest absolute Gasteiger partial charge is 0.299 e. The number of amides is 1. The maximum atomic E-state index is 11.9. The lowest BCUT2D eigenvalue weighted by atomic mass is 10.1. The van der Waals surface area contributed by atoms with Crippen LogP contribution in [0.4, 0.5) is 5.69 Å². The van der Waals surface area contributed by atoms with Crippen molar-refractivity contribution in [3.05, 3.63) is 28.2 Å². The number of unbranched alkanes of at least 4 members (excludes halogenated alkanes) is 3. The highest BCUT2D eigenvalue weighted by molar-refractivity contribution is 9.10. The standard InChI is InChI=1S/C14H16BrNO2/c1-2-3-4-5-9-16-12-10(13(17)14(16)18)7-6-8-11(12)15/h6-8H,2-5,9H2,1H3. The van der Waals surface area contributed by atoms with Crippen LogP contribution in [0.2, 0.25) is 0 Å². The van der Waals surface area contributed by atoms with Crippen LogP contribution in [0.15, 0.2) is 22.7 Å². The van der Waals surface area contributed by atoms with Crippen molar-refractivity contribution in [3.8, 4) is 0 Å². The normalized spacial score (nSPS) is 14.2. The third kappa shape index (κ3) is 2.34. The summed E-state index contributed by atoms with van der Waals surface area (Å²) in [5, 5.41) is 0. The first-order valence-corrected chi connectivity index (χ1v) is 7.10. The molecule has 96 valence electrons. The molecule has 3 nitrogen and oxygen atoms in total. The second kappa shape index (κ2) is 5.65. The second-order valence-corrected chi connectivity index (χ2v) is 5.34. The summed E-state index contributed by atoms with van der Waals surface area (Å²) in [6.07, 6.45) is 4.36. The zero-order valence-corrected chi connectivity index (χ0v) is 12.0. The molecule has 1 aliphatic rings. The maximum Gasteiger partial charge on any atom is 0.299 e. The van der Waals surface area contributed by atoms with Crippen molar-refractivity contribution in [2.75, 3.05) is 11.4 Å². The Balaban J connectivity index is 2.17. The Morgan fingerprint density at radius 3 is 2.67 bits per heavy atom. The first kappa shape index (κ1) is 13.3. The van der Waals surface area contributed by atoms with E-state index >= 15 is 0 Å². The average Bonchev–Trinajstić information content (AvgIpc) is 2.61. The molecule has 1 aromatic carbocycles. The van der Waals surface area contributed by atoms with E-state index in [1.807, 2.05) is 6.07 Å². The minimum Gasteiger partial charge on any atom is -0.304 e. The predicted molar refractivity (Wildman–Crippen MR) is 75.0 cm³/mol. The number of carbonyl (C=O) groups is 2. The van der Waals surface area contributed by atoms with E-state index in [-0.39, 0.29) is 5.78 Å². The lowest BCUT2D eigenvalue weighted by Gasteiger charge is -2.17. The van der Waals surface area contributed by atoms with Crippen molar-refractivity contribution in [3.63, 3.8) is 0 Å². The summed E-state index contributed by atoms with van der Waals surface area (Å²) in [5.41, 5.74) is 1.26. The van der Waals surface area contributed by atoms with Crippen molar-refractivity contribution >= 4 is 33.3 Å². The first-order valence-electron chi connectivity index (χ1n) is 6.31. The molecule has 4 heteroatoms. The molecule has 1 amide bonds. The van der Waals surface area contributed by atoms with E-state index in [4.69, 9.17) is 0 Å². The van der Waals surface area contributed by atoms with Crippen LogP contribution >= 0.6 is 15.9 Å². The van der Waals surface area contributed by atoms with Crippen LogP contribution in [0.25, 0.3) is 0 Å². The third-order valence-corrected chi connectivity index (χ3v) is 3.82. The average molecular weight is 310 g/mol. The Labute approximate surface area is 115 Å². The van der Waals surface area contributed by atoms with E-state index in [2.05, 4.69) is 22.9 Å². The topological polar surface area (TPSA) is 37.4 Å². The number of carbonyl (C=O) groups excluding carboxylic acids is 2. The van der Waals surface area contributed by atoms with Gasteiger partial charge in [0.1, 0.15) is 0 Å². The molecule has 1 aliphatic heterocycles. The first-order chi connectivity index (χ1) is 8.66. The van der Waals surface area contributed by atoms with Gasteiger partial charge in [-0.05, 0) is 34.5 Å². The molecule has 0 saturated carbocycles. The van der Waals surface area contributed by atoms with Gasteiger partial charge in [-0.1, -0.05) is 32.3 Å². The highest BCUT2D eigenvalue weighted by Gasteiger charge is 2.36. The van der Waals surface area contributed by atoms with E-state index in [1.54, 1.807) is 17.0 Å². The molecule has 0 radical (unpaired) electrons. The van der Waals surface area contributed by atoms with Crippen LogP contribution in [0.3, 0.4) is 0 Å². The summed E-state index contributed by atoms with van der Waals surface area (Å²) in [5.74, 6) is -0.782. The van der Waals surface area contributed by atoms with Crippen molar-refractivity contribution in [2.24, 2.45) is 0 Å². The minimum absolute atomic E-state index is 0.387. The molecule has 0 unspecified atom stereocenters. The number of rotatable bonds is 5. The molecule has 0 saturated heterocycles. The molecular formula is C14H16BrNO2. The summed E-state index contributed by atoms with van der Waals surface area (Å²) in [4.78, 5) is 25.4. The van der Waals surface area contributed by atoms with Crippen LogP contribution in [-0.4, -0.2) is 18.2 Å². The maximum absolute atomic E-state index is 11.9. The van der Waals surface area contributed by atoms with Crippen LogP contribution in [0, 0.1) is 0 Å². The molecule has 0 aromatic heterocycles. The lowest BCUT2D eigenvalue weighted by molar-refractivity contribution is -0.114. The number of ketones is 1. The number of nitrogens with zero attached hydrogens (tertiary/aromatic N) is 1. The summed E-state index contributed by atoms with van der Waals surface area (Å²) >= 11 is 3.42. The zero-order chi connectivity index (χ0) is 13.1. The number of hydrogen-bond acceptors (Lipinski definition) is 2. The minimum atomic E-state index is -0.395. The van der Waals surface area contributed by atoms with E-state index < -0.39 is 5.91 Å². The summed E-state index contributed by atoms with van der Waals surface area (Å²) < 4.78 is 0.815. The van der Waals surface area contributed by atoms with Gasteiger partial charge in [0.2, 0.25) is 0 Å². The van der Waals surface area contributed by atoms with Gasteiger partial charge < -0.3 is 4.90 Å². The molecule has 0 N–H and O–H groups in total. The number of fused-ring (bicyclic) bond motifs is 1. The van der Waals surface area contributed by atoms with Gasteiger partial charge in [-0.25, -0.2) is 0 Å². The SMILES string of the molecule is CCCCCCN1C(=O)C(=O)c2cccc(Br)c21. The fourth-order valence-electron chi connectivity index (χ4n) is 2.22. The fraction of sp³-hybridized carbons (Fsp3) is 0.429. The zero-order valence-electron chi connectivity index (χ0n) is 10.4. The second-order valence-electron chi connectivity index (χ2n) is 4.48. The lowest BCUT2D eigenvalue weighted by Crippen LogP contribution is -2.30. The third-order valence-electron chi connectivity index (χ3n) is 3.18. The summed E-state index contributed by atoms with van der Waals surface area (Å²) in [6.45, 7) is 2.77. The van der Waals surface area contributed by atoms with Gasteiger partial charge in [0.15, 0.2) is 0 Å². The predicted octanol–water partition coefficient (Wildman–Crippen LogP) is 3.56. The Bertz CT molecular complexity index is 485. The van der Waals surface area contributed by atoms with Crippen molar-refractivity contribution in [2.45, 2.75) is 32.6 Å². The molecule has 0 fully saturated rings. The van der Waals surface area contributed by atoms with Gasteiger partial charge in [0, 0.05) is 11.0 Å². The van der Waals surface area contributed by atoms with Crippen LogP contribution in [0.5, 0.6) is 0 Å². The molecule has 1 heterocycles. The molecule has 2 rings (SSSR count). The fourth-order valence-corrected chi connectivity index (χ4v) is 2.80. The molecular weight excluding hydrogens is 294 g/mol. The number of hydrogen-bond donors (Lipinski definition) is 0. The number of benzene rings is 1. The molecule has 1 aromatic rings. The van der Waals surface area contributed by atoms with Crippen LogP contribution in [-0.2, 0) is 4.79 Å². The number of para-hydroxylation sites is 1. The number of anilines is 1.